The van der Waals surface area contributed by atoms with Gasteiger partial charge in [-0.3, -0.25) is 0 Å². The summed E-state index contributed by atoms with van der Waals surface area (Å²) in [5.74, 6) is 0.564. The van der Waals surface area contributed by atoms with E-state index in [0.29, 0.717) is 12.0 Å². The van der Waals surface area contributed by atoms with Crippen molar-refractivity contribution < 1.29 is 5.11 Å². The average molecular weight is 171 g/mol. The fourth-order valence-corrected chi connectivity index (χ4v) is 1.56. The van der Waals surface area contributed by atoms with Crippen molar-refractivity contribution in [2.45, 2.75) is 51.7 Å². The standard InChI is InChI=1S/C10H21NO/c1-4-10(12,9-5-6-9)7-11-8(2)3/h8-9,11-12H,4-7H2,1-3H3. The van der Waals surface area contributed by atoms with Crippen molar-refractivity contribution in [3.8, 4) is 0 Å². The molecule has 1 aliphatic rings. The maximum atomic E-state index is 10.1. The monoisotopic (exact) mass is 171 g/mol. The molecule has 0 amide bonds. The molecule has 72 valence electrons. The van der Waals surface area contributed by atoms with Gasteiger partial charge in [0, 0.05) is 12.6 Å². The van der Waals surface area contributed by atoms with Crippen molar-refractivity contribution >= 4 is 0 Å². The van der Waals surface area contributed by atoms with Crippen LogP contribution in [0.5, 0.6) is 0 Å². The molecule has 2 nitrogen and oxygen atoms in total. The molecule has 0 spiro atoms. The first kappa shape index (κ1) is 10.0. The molecular weight excluding hydrogens is 150 g/mol. The smallest absolute Gasteiger partial charge is 0.0797 e. The number of nitrogens with one attached hydrogen (secondary N) is 1. The minimum atomic E-state index is -0.426. The number of hydrogen-bond acceptors (Lipinski definition) is 2. The van der Waals surface area contributed by atoms with Gasteiger partial charge in [-0.25, -0.2) is 0 Å². The Morgan fingerprint density at radius 1 is 1.50 bits per heavy atom. The molecule has 0 aliphatic heterocycles. The van der Waals surface area contributed by atoms with Gasteiger partial charge >= 0.3 is 0 Å². The first-order valence-corrected chi connectivity index (χ1v) is 5.04. The van der Waals surface area contributed by atoms with E-state index < -0.39 is 5.60 Å². The molecule has 0 bridgehead atoms. The lowest BCUT2D eigenvalue weighted by molar-refractivity contribution is 0.0126. The second-order valence-corrected chi connectivity index (χ2v) is 4.27. The number of hydrogen-bond donors (Lipinski definition) is 2. The molecule has 1 saturated carbocycles. The molecule has 1 atom stereocenters. The summed E-state index contributed by atoms with van der Waals surface area (Å²) in [6.07, 6.45) is 3.30. The van der Waals surface area contributed by atoms with E-state index in [1.165, 1.54) is 12.8 Å². The number of rotatable bonds is 5. The van der Waals surface area contributed by atoms with Crippen molar-refractivity contribution in [1.29, 1.82) is 0 Å². The van der Waals surface area contributed by atoms with Gasteiger partial charge in [-0.2, -0.15) is 0 Å². The van der Waals surface area contributed by atoms with Gasteiger partial charge in [0.1, 0.15) is 0 Å². The third-order valence-corrected chi connectivity index (χ3v) is 2.77. The van der Waals surface area contributed by atoms with Gasteiger partial charge in [-0.1, -0.05) is 20.8 Å². The van der Waals surface area contributed by atoms with Crippen LogP contribution < -0.4 is 5.32 Å². The van der Waals surface area contributed by atoms with Crippen LogP contribution in [-0.4, -0.2) is 23.3 Å². The molecule has 12 heavy (non-hydrogen) atoms. The number of aliphatic hydroxyl groups is 1. The van der Waals surface area contributed by atoms with E-state index in [4.69, 9.17) is 0 Å². The van der Waals surface area contributed by atoms with E-state index >= 15 is 0 Å². The predicted molar refractivity (Wildman–Crippen MR) is 51.1 cm³/mol. The summed E-state index contributed by atoms with van der Waals surface area (Å²) in [4.78, 5) is 0. The molecule has 2 N–H and O–H groups in total. The zero-order valence-electron chi connectivity index (χ0n) is 8.43. The van der Waals surface area contributed by atoms with Crippen LogP contribution in [0.25, 0.3) is 0 Å². The highest BCUT2D eigenvalue weighted by Crippen LogP contribution is 2.41. The summed E-state index contributed by atoms with van der Waals surface area (Å²) in [5, 5.41) is 13.5. The lowest BCUT2D eigenvalue weighted by Crippen LogP contribution is -2.44. The summed E-state index contributed by atoms with van der Waals surface area (Å²) in [6.45, 7) is 7.05. The summed E-state index contributed by atoms with van der Waals surface area (Å²) in [5.41, 5.74) is -0.426. The van der Waals surface area contributed by atoms with Crippen molar-refractivity contribution in [3.05, 3.63) is 0 Å². The maximum absolute atomic E-state index is 10.1. The summed E-state index contributed by atoms with van der Waals surface area (Å²) in [7, 11) is 0. The summed E-state index contributed by atoms with van der Waals surface area (Å²) < 4.78 is 0. The largest absolute Gasteiger partial charge is 0.388 e. The van der Waals surface area contributed by atoms with Crippen molar-refractivity contribution in [3.63, 3.8) is 0 Å². The van der Waals surface area contributed by atoms with Crippen LogP contribution in [0.4, 0.5) is 0 Å². The molecule has 0 aromatic heterocycles. The van der Waals surface area contributed by atoms with E-state index in [-0.39, 0.29) is 0 Å². The maximum Gasteiger partial charge on any atom is 0.0797 e. The molecule has 0 saturated heterocycles. The minimum Gasteiger partial charge on any atom is -0.388 e. The van der Waals surface area contributed by atoms with Crippen LogP contribution in [0.15, 0.2) is 0 Å². The van der Waals surface area contributed by atoms with E-state index in [1.54, 1.807) is 0 Å². The molecule has 1 aliphatic carbocycles. The van der Waals surface area contributed by atoms with Crippen LogP contribution in [0, 0.1) is 5.92 Å². The Bertz CT molecular complexity index is 143. The lowest BCUT2D eigenvalue weighted by atomic mass is 9.94. The van der Waals surface area contributed by atoms with Gasteiger partial charge in [0.25, 0.3) is 0 Å². The Hall–Kier alpha value is -0.0800. The Labute approximate surface area is 75.4 Å². The highest BCUT2D eigenvalue weighted by molar-refractivity contribution is 4.95. The third kappa shape index (κ3) is 2.46. The molecule has 0 aromatic rings. The SMILES string of the molecule is CCC(O)(CNC(C)C)C1CC1. The normalized spacial score (nSPS) is 22.8. The quantitative estimate of drug-likeness (QED) is 0.657. The minimum absolute atomic E-state index is 0.426. The van der Waals surface area contributed by atoms with Gasteiger partial charge in [0.15, 0.2) is 0 Å². The first-order valence-electron chi connectivity index (χ1n) is 5.04. The summed E-state index contributed by atoms with van der Waals surface area (Å²) >= 11 is 0. The highest BCUT2D eigenvalue weighted by Gasteiger charge is 2.41. The van der Waals surface area contributed by atoms with Gasteiger partial charge in [0.2, 0.25) is 0 Å². The Kier molecular flexibility index (Phi) is 3.13. The van der Waals surface area contributed by atoms with Gasteiger partial charge < -0.3 is 10.4 Å². The molecule has 0 radical (unpaired) electrons. The zero-order valence-corrected chi connectivity index (χ0v) is 8.43. The predicted octanol–water partition coefficient (Wildman–Crippen LogP) is 1.54. The van der Waals surface area contributed by atoms with Crippen molar-refractivity contribution in [1.82, 2.24) is 5.32 Å². The summed E-state index contributed by atoms with van der Waals surface area (Å²) in [6, 6.07) is 0.474. The van der Waals surface area contributed by atoms with Crippen LogP contribution >= 0.6 is 0 Å². The van der Waals surface area contributed by atoms with Crippen LogP contribution in [0.3, 0.4) is 0 Å². The lowest BCUT2D eigenvalue weighted by Gasteiger charge is -2.28. The molecule has 0 heterocycles. The molecular formula is C10H21NO. The highest BCUT2D eigenvalue weighted by atomic mass is 16.3. The van der Waals surface area contributed by atoms with Gasteiger partial charge in [0.05, 0.1) is 5.60 Å². The van der Waals surface area contributed by atoms with Crippen LogP contribution in [-0.2, 0) is 0 Å². The molecule has 1 fully saturated rings. The van der Waals surface area contributed by atoms with Gasteiger partial charge in [-0.15, -0.1) is 0 Å². The first-order chi connectivity index (χ1) is 5.58. The molecule has 1 rings (SSSR count). The van der Waals surface area contributed by atoms with Crippen molar-refractivity contribution in [2.75, 3.05) is 6.54 Å². The van der Waals surface area contributed by atoms with Crippen LogP contribution in [0.2, 0.25) is 0 Å². The molecule has 0 aromatic carbocycles. The van der Waals surface area contributed by atoms with Gasteiger partial charge in [-0.05, 0) is 25.2 Å². The Morgan fingerprint density at radius 3 is 2.42 bits per heavy atom. The average Bonchev–Trinajstić information content (AvgIpc) is 2.82. The van der Waals surface area contributed by atoms with E-state index in [1.807, 2.05) is 0 Å². The fourth-order valence-electron chi connectivity index (χ4n) is 1.56. The van der Waals surface area contributed by atoms with Crippen LogP contribution in [0.1, 0.15) is 40.0 Å². The van der Waals surface area contributed by atoms with E-state index in [0.717, 1.165) is 13.0 Å². The van der Waals surface area contributed by atoms with E-state index in [2.05, 4.69) is 26.1 Å². The topological polar surface area (TPSA) is 32.3 Å². The second-order valence-electron chi connectivity index (χ2n) is 4.27. The Balaban J connectivity index is 2.33. The molecule has 2 heteroatoms. The Morgan fingerprint density at radius 2 is 2.08 bits per heavy atom. The fraction of sp³-hybridized carbons (Fsp3) is 1.00. The third-order valence-electron chi connectivity index (χ3n) is 2.77. The van der Waals surface area contributed by atoms with Crippen molar-refractivity contribution in [2.24, 2.45) is 5.92 Å². The second kappa shape index (κ2) is 3.75. The molecule has 1 unspecified atom stereocenters. The van der Waals surface area contributed by atoms with E-state index in [9.17, 15) is 5.11 Å². The zero-order chi connectivity index (χ0) is 9.19.